The number of aryl methyl sites for hydroxylation is 1. The van der Waals surface area contributed by atoms with Gasteiger partial charge in [0.1, 0.15) is 11.2 Å². The van der Waals surface area contributed by atoms with Gasteiger partial charge in [-0.3, -0.25) is 0 Å². The molecule has 1 aliphatic rings. The number of aromatic nitrogens is 3. The number of benzene rings is 7. The van der Waals surface area contributed by atoms with E-state index in [4.69, 9.17) is 19.4 Å². The van der Waals surface area contributed by atoms with E-state index in [9.17, 15) is 0 Å². The molecule has 0 saturated carbocycles. The largest absolute Gasteiger partial charge is 0.456 e. The maximum Gasteiger partial charge on any atom is 0.164 e. The molecule has 9 aromatic rings. The van der Waals surface area contributed by atoms with Crippen molar-refractivity contribution in [1.82, 2.24) is 15.0 Å². The van der Waals surface area contributed by atoms with Gasteiger partial charge < -0.3 is 4.42 Å². The maximum atomic E-state index is 6.08. The van der Waals surface area contributed by atoms with Gasteiger partial charge in [0.15, 0.2) is 17.5 Å². The van der Waals surface area contributed by atoms with Crippen LogP contribution < -0.4 is 0 Å². The Kier molecular flexibility index (Phi) is 8.90. The van der Waals surface area contributed by atoms with Crippen LogP contribution in [0, 0.1) is 6.92 Å². The lowest BCUT2D eigenvalue weighted by molar-refractivity contribution is 0.332. The molecule has 0 amide bonds. The summed E-state index contributed by atoms with van der Waals surface area (Å²) in [4.78, 5) is 15.1. The first kappa shape index (κ1) is 36.7. The third-order valence-electron chi connectivity index (χ3n) is 12.6. The van der Waals surface area contributed by atoms with E-state index in [1.54, 1.807) is 0 Å². The topological polar surface area (TPSA) is 51.8 Å². The fraction of sp³-hybridized carbons (Fsp3) is 0.182. The summed E-state index contributed by atoms with van der Waals surface area (Å²) < 4.78 is 6.08. The zero-order valence-electron chi connectivity index (χ0n) is 34.4. The van der Waals surface area contributed by atoms with Crippen molar-refractivity contribution in [2.75, 3.05) is 0 Å². The Morgan fingerprint density at radius 1 is 0.458 bits per heavy atom. The van der Waals surface area contributed by atoms with Crippen LogP contribution in [0.5, 0.6) is 0 Å². The minimum Gasteiger partial charge on any atom is -0.456 e. The second-order valence-electron chi connectivity index (χ2n) is 17.6. The Morgan fingerprint density at radius 3 is 1.68 bits per heavy atom. The highest BCUT2D eigenvalue weighted by molar-refractivity contribution is 6.06. The maximum absolute atomic E-state index is 6.08. The van der Waals surface area contributed by atoms with Crippen molar-refractivity contribution in [2.45, 2.75) is 64.7 Å². The number of nitrogens with zero attached hydrogens (tertiary/aromatic N) is 3. The molecule has 0 aliphatic heterocycles. The minimum absolute atomic E-state index is 0.156. The zero-order valence-corrected chi connectivity index (χ0v) is 34.4. The van der Waals surface area contributed by atoms with Crippen LogP contribution in [0.2, 0.25) is 0 Å². The molecule has 0 atom stereocenters. The van der Waals surface area contributed by atoms with Crippen LogP contribution in [0.3, 0.4) is 0 Å². The number of para-hydroxylation sites is 1. The van der Waals surface area contributed by atoms with Crippen LogP contribution in [-0.2, 0) is 17.3 Å². The lowest BCUT2D eigenvalue weighted by Gasteiger charge is -2.42. The molecule has 2 aromatic heterocycles. The third kappa shape index (κ3) is 6.83. The van der Waals surface area contributed by atoms with Gasteiger partial charge in [-0.15, -0.1) is 0 Å². The summed E-state index contributed by atoms with van der Waals surface area (Å²) in [6.07, 6.45) is 3.25. The van der Waals surface area contributed by atoms with E-state index in [0.717, 1.165) is 56.2 Å². The molecule has 10 rings (SSSR count). The van der Waals surface area contributed by atoms with Gasteiger partial charge in [0.25, 0.3) is 0 Å². The molecule has 0 fully saturated rings. The van der Waals surface area contributed by atoms with Gasteiger partial charge in [0, 0.05) is 27.5 Å². The average molecular weight is 766 g/mol. The molecule has 7 aromatic carbocycles. The molecule has 4 nitrogen and oxygen atoms in total. The van der Waals surface area contributed by atoms with Gasteiger partial charge in [0.05, 0.1) is 0 Å². The van der Waals surface area contributed by atoms with Gasteiger partial charge >= 0.3 is 0 Å². The summed E-state index contributed by atoms with van der Waals surface area (Å²) in [6, 6.07) is 55.9. The van der Waals surface area contributed by atoms with Crippen LogP contribution in [0.15, 0.2) is 162 Å². The molecule has 0 unspecified atom stereocenters. The van der Waals surface area contributed by atoms with Crippen LogP contribution in [0.4, 0.5) is 0 Å². The molecule has 1 aliphatic carbocycles. The molecule has 0 N–H and O–H groups in total. The van der Waals surface area contributed by atoms with E-state index in [0.29, 0.717) is 17.5 Å². The molecule has 2 heterocycles. The van der Waals surface area contributed by atoms with E-state index >= 15 is 0 Å². The monoisotopic (exact) mass is 765 g/mol. The summed E-state index contributed by atoms with van der Waals surface area (Å²) in [7, 11) is 0. The van der Waals surface area contributed by atoms with Gasteiger partial charge in [-0.1, -0.05) is 167 Å². The van der Waals surface area contributed by atoms with E-state index < -0.39 is 0 Å². The molecule has 288 valence electrons. The predicted molar refractivity (Wildman–Crippen MR) is 244 cm³/mol. The van der Waals surface area contributed by atoms with Crippen LogP contribution in [0.1, 0.15) is 68.4 Å². The van der Waals surface area contributed by atoms with Gasteiger partial charge in [-0.05, 0) is 105 Å². The fourth-order valence-electron chi connectivity index (χ4n) is 9.01. The van der Waals surface area contributed by atoms with E-state index in [1.165, 1.54) is 51.8 Å². The van der Waals surface area contributed by atoms with Crippen molar-refractivity contribution < 1.29 is 4.42 Å². The summed E-state index contributed by atoms with van der Waals surface area (Å²) in [6.45, 7) is 11.9. The van der Waals surface area contributed by atoms with E-state index in [-0.39, 0.29) is 10.8 Å². The first-order valence-electron chi connectivity index (χ1n) is 20.8. The Morgan fingerprint density at radius 2 is 0.983 bits per heavy atom. The lowest BCUT2D eigenvalue weighted by atomic mass is 9.62. The number of hydrogen-bond acceptors (Lipinski definition) is 4. The standard InChI is InChI=1S/C55H47N3O/c1-35-31-47-48(55(4,5)30-29-54(47,2)3)34-45(35)43-16-10-9-15-42(43)32-36-19-21-39(22-20-36)52-56-51(38-13-7-6-8-14-38)57-53(58-52)40-25-23-37(24-26-40)41-27-28-50-46(33-41)44-17-11-12-18-49(44)59-50/h6-28,31,33-34H,29-30,32H2,1-5H3. The van der Waals surface area contributed by atoms with Gasteiger partial charge in [0.2, 0.25) is 0 Å². The molecule has 4 heteroatoms. The number of fused-ring (bicyclic) bond motifs is 4. The third-order valence-corrected chi connectivity index (χ3v) is 12.6. The van der Waals surface area contributed by atoms with Crippen LogP contribution in [0.25, 0.3) is 78.4 Å². The second-order valence-corrected chi connectivity index (χ2v) is 17.6. The fourth-order valence-corrected chi connectivity index (χ4v) is 9.01. The summed E-state index contributed by atoms with van der Waals surface area (Å²) in [5.41, 5.74) is 16.8. The Balaban J connectivity index is 0.962. The Hall–Kier alpha value is -6.65. The summed E-state index contributed by atoms with van der Waals surface area (Å²) >= 11 is 0. The molecule has 0 radical (unpaired) electrons. The quantitative estimate of drug-likeness (QED) is 0.162. The first-order valence-corrected chi connectivity index (χ1v) is 20.8. The molecular formula is C55H47N3O. The average Bonchev–Trinajstić information content (AvgIpc) is 3.64. The van der Waals surface area contributed by atoms with Crippen molar-refractivity contribution in [3.05, 3.63) is 186 Å². The van der Waals surface area contributed by atoms with Crippen molar-refractivity contribution in [3.8, 4) is 56.4 Å². The summed E-state index contributed by atoms with van der Waals surface area (Å²) in [5, 5.41) is 2.24. The zero-order chi connectivity index (χ0) is 40.3. The number of furan rings is 1. The highest BCUT2D eigenvalue weighted by Gasteiger charge is 2.37. The lowest BCUT2D eigenvalue weighted by Crippen LogP contribution is -2.34. The Labute approximate surface area is 346 Å². The molecule has 0 saturated heterocycles. The minimum atomic E-state index is 0.156. The highest BCUT2D eigenvalue weighted by Crippen LogP contribution is 2.48. The highest BCUT2D eigenvalue weighted by atomic mass is 16.3. The molecular weight excluding hydrogens is 719 g/mol. The SMILES string of the molecule is Cc1cc2c(cc1-c1ccccc1Cc1ccc(-c3nc(-c4ccccc4)nc(-c4ccc(-c5ccc6oc7ccccc7c6c5)cc4)n3)cc1)C(C)(C)CCC2(C)C. The van der Waals surface area contributed by atoms with Gasteiger partial charge in [-0.25, -0.2) is 15.0 Å². The predicted octanol–water partition coefficient (Wildman–Crippen LogP) is 14.4. The normalized spacial score (nSPS) is 14.4. The number of hydrogen-bond donors (Lipinski definition) is 0. The molecule has 0 bridgehead atoms. The van der Waals surface area contributed by atoms with Crippen molar-refractivity contribution in [1.29, 1.82) is 0 Å². The summed E-state index contributed by atoms with van der Waals surface area (Å²) in [5.74, 6) is 1.94. The van der Waals surface area contributed by atoms with Crippen molar-refractivity contribution >= 4 is 21.9 Å². The van der Waals surface area contributed by atoms with Gasteiger partial charge in [-0.2, -0.15) is 0 Å². The number of rotatable bonds is 7. The van der Waals surface area contributed by atoms with Crippen molar-refractivity contribution in [2.24, 2.45) is 0 Å². The van der Waals surface area contributed by atoms with Crippen LogP contribution in [-0.4, -0.2) is 15.0 Å². The first-order chi connectivity index (χ1) is 28.6. The van der Waals surface area contributed by atoms with E-state index in [2.05, 4.69) is 150 Å². The van der Waals surface area contributed by atoms with Crippen LogP contribution >= 0.6 is 0 Å². The van der Waals surface area contributed by atoms with E-state index in [1.807, 2.05) is 42.5 Å². The smallest absolute Gasteiger partial charge is 0.164 e. The molecule has 59 heavy (non-hydrogen) atoms. The Bertz CT molecular complexity index is 3010. The second kappa shape index (κ2) is 14.3. The molecule has 0 spiro atoms. The van der Waals surface area contributed by atoms with Crippen molar-refractivity contribution in [3.63, 3.8) is 0 Å².